The van der Waals surface area contributed by atoms with Crippen molar-refractivity contribution in [3.63, 3.8) is 0 Å². The third-order valence-electron chi connectivity index (χ3n) is 3.94. The fourth-order valence-corrected chi connectivity index (χ4v) is 6.09. The van der Waals surface area contributed by atoms with Gasteiger partial charge in [0.15, 0.2) is 0 Å². The van der Waals surface area contributed by atoms with Crippen LogP contribution in [0, 0.1) is 5.82 Å². The number of benzene rings is 1. The number of halogens is 2. The number of hydrogen-bond acceptors (Lipinski definition) is 3. The molecule has 0 aliphatic carbocycles. The van der Waals surface area contributed by atoms with Gasteiger partial charge in [-0.05, 0) is 36.7 Å². The van der Waals surface area contributed by atoms with Gasteiger partial charge >= 0.3 is 0 Å². The van der Waals surface area contributed by atoms with Crippen LogP contribution in [-0.2, 0) is 6.42 Å². The molecule has 0 spiro atoms. The van der Waals surface area contributed by atoms with Gasteiger partial charge in [-0.15, -0.1) is 0 Å². The van der Waals surface area contributed by atoms with Gasteiger partial charge in [-0.3, -0.25) is 0 Å². The Kier molecular flexibility index (Phi) is 6.91. The summed E-state index contributed by atoms with van der Waals surface area (Å²) in [6, 6.07) is 5.35. The van der Waals surface area contributed by atoms with Crippen molar-refractivity contribution >= 4 is 39.5 Å². The number of nitrogens with one attached hydrogen (secondary N) is 1. The van der Waals surface area contributed by atoms with Crippen molar-refractivity contribution in [1.29, 1.82) is 0 Å². The summed E-state index contributed by atoms with van der Waals surface area (Å²) in [6.45, 7) is 7.71. The fourth-order valence-electron chi connectivity index (χ4n) is 2.55. The van der Waals surface area contributed by atoms with Crippen LogP contribution in [0.3, 0.4) is 0 Å². The Hall–Kier alpha value is 0.290. The molecular weight excluding hydrogens is 369 g/mol. The smallest absolute Gasteiger partial charge is 0.123 e. The standard InChI is InChI=1S/C16H23BrFNS2/c1-4-19-15(16-9-20-10(2)11(3)21-16)8-12-7-13(18)5-6-14(12)17/h5-7,10-11,15-16,19H,4,8-9H2,1-3H3. The van der Waals surface area contributed by atoms with Crippen LogP contribution in [-0.4, -0.2) is 34.1 Å². The van der Waals surface area contributed by atoms with E-state index in [9.17, 15) is 4.39 Å². The Morgan fingerprint density at radius 3 is 2.81 bits per heavy atom. The molecule has 4 unspecified atom stereocenters. The van der Waals surface area contributed by atoms with Gasteiger partial charge in [-0.1, -0.05) is 36.7 Å². The highest BCUT2D eigenvalue weighted by molar-refractivity contribution is 9.10. The van der Waals surface area contributed by atoms with Crippen LogP contribution in [0.5, 0.6) is 0 Å². The van der Waals surface area contributed by atoms with E-state index in [1.807, 2.05) is 0 Å². The minimum atomic E-state index is -0.156. The lowest BCUT2D eigenvalue weighted by molar-refractivity contribution is 0.517. The second-order valence-corrected chi connectivity index (χ2v) is 9.41. The fraction of sp³-hybridized carbons (Fsp3) is 0.625. The molecule has 0 aromatic heterocycles. The summed E-state index contributed by atoms with van der Waals surface area (Å²) in [5.41, 5.74) is 1.05. The molecule has 2 rings (SSSR count). The molecule has 1 fully saturated rings. The molecular formula is C16H23BrFNS2. The minimum absolute atomic E-state index is 0.156. The predicted molar refractivity (Wildman–Crippen MR) is 98.0 cm³/mol. The van der Waals surface area contributed by atoms with Crippen LogP contribution in [0.25, 0.3) is 0 Å². The summed E-state index contributed by atoms with van der Waals surface area (Å²) < 4.78 is 14.5. The minimum Gasteiger partial charge on any atom is -0.313 e. The summed E-state index contributed by atoms with van der Waals surface area (Å²) >= 11 is 7.69. The van der Waals surface area contributed by atoms with E-state index in [2.05, 4.69) is 65.5 Å². The highest BCUT2D eigenvalue weighted by Gasteiger charge is 2.31. The number of rotatable bonds is 5. The van der Waals surface area contributed by atoms with Crippen LogP contribution < -0.4 is 5.32 Å². The SMILES string of the molecule is CCNC(Cc1cc(F)ccc1Br)C1CSC(C)C(C)S1. The van der Waals surface area contributed by atoms with Crippen molar-refractivity contribution < 1.29 is 4.39 Å². The monoisotopic (exact) mass is 391 g/mol. The molecule has 4 atom stereocenters. The maximum absolute atomic E-state index is 13.5. The molecule has 1 saturated heterocycles. The Bertz CT molecular complexity index is 472. The van der Waals surface area contributed by atoms with Gasteiger partial charge < -0.3 is 5.32 Å². The lowest BCUT2D eigenvalue weighted by Gasteiger charge is -2.36. The summed E-state index contributed by atoms with van der Waals surface area (Å²) in [5.74, 6) is 1.01. The molecule has 0 radical (unpaired) electrons. The first-order chi connectivity index (χ1) is 10.0. The van der Waals surface area contributed by atoms with Crippen molar-refractivity contribution in [2.45, 2.75) is 49.0 Å². The van der Waals surface area contributed by atoms with Crippen LogP contribution in [0.1, 0.15) is 26.3 Å². The third-order valence-corrected chi connectivity index (χ3v) is 8.26. The lowest BCUT2D eigenvalue weighted by Crippen LogP contribution is -2.44. The van der Waals surface area contributed by atoms with Crippen LogP contribution in [0.2, 0.25) is 0 Å². The van der Waals surface area contributed by atoms with Crippen molar-refractivity contribution in [2.24, 2.45) is 0 Å². The van der Waals surface area contributed by atoms with Gasteiger partial charge in [0.2, 0.25) is 0 Å². The number of hydrogen-bond donors (Lipinski definition) is 1. The predicted octanol–water partition coefficient (Wildman–Crippen LogP) is 4.73. The Morgan fingerprint density at radius 1 is 1.38 bits per heavy atom. The molecule has 1 aliphatic heterocycles. The largest absolute Gasteiger partial charge is 0.313 e. The Balaban J connectivity index is 2.10. The molecule has 0 amide bonds. The molecule has 5 heteroatoms. The Morgan fingerprint density at radius 2 is 2.14 bits per heavy atom. The van der Waals surface area contributed by atoms with Crippen LogP contribution in [0.4, 0.5) is 4.39 Å². The molecule has 1 aliphatic rings. The molecule has 1 aromatic carbocycles. The summed E-state index contributed by atoms with van der Waals surface area (Å²) in [5, 5.41) is 5.57. The van der Waals surface area contributed by atoms with Crippen LogP contribution >= 0.6 is 39.5 Å². The van der Waals surface area contributed by atoms with Gasteiger partial charge in [0, 0.05) is 32.0 Å². The highest BCUT2D eigenvalue weighted by atomic mass is 79.9. The molecule has 0 bridgehead atoms. The zero-order valence-corrected chi connectivity index (χ0v) is 16.0. The van der Waals surface area contributed by atoms with Crippen molar-refractivity contribution in [3.8, 4) is 0 Å². The van der Waals surface area contributed by atoms with E-state index in [0.29, 0.717) is 16.5 Å². The van der Waals surface area contributed by atoms with E-state index in [1.165, 1.54) is 11.8 Å². The summed E-state index contributed by atoms with van der Waals surface area (Å²) in [6.07, 6.45) is 0.867. The van der Waals surface area contributed by atoms with Gasteiger partial charge in [0.05, 0.1) is 0 Å². The topological polar surface area (TPSA) is 12.0 Å². The lowest BCUT2D eigenvalue weighted by atomic mass is 10.0. The van der Waals surface area contributed by atoms with E-state index >= 15 is 0 Å². The molecule has 21 heavy (non-hydrogen) atoms. The van der Waals surface area contributed by atoms with E-state index in [1.54, 1.807) is 12.1 Å². The molecule has 1 N–H and O–H groups in total. The number of likely N-dealkylation sites (N-methyl/N-ethyl adjacent to an activating group) is 1. The zero-order valence-electron chi connectivity index (χ0n) is 12.7. The Labute approximate surface area is 144 Å². The average Bonchev–Trinajstić information content (AvgIpc) is 2.45. The second-order valence-electron chi connectivity index (χ2n) is 5.52. The van der Waals surface area contributed by atoms with Crippen LogP contribution in [0.15, 0.2) is 22.7 Å². The molecule has 1 aromatic rings. The van der Waals surface area contributed by atoms with Crippen molar-refractivity contribution in [1.82, 2.24) is 5.32 Å². The van der Waals surface area contributed by atoms with E-state index in [4.69, 9.17) is 0 Å². The first kappa shape index (κ1) is 17.6. The number of thioether (sulfide) groups is 2. The second kappa shape index (κ2) is 8.23. The summed E-state index contributed by atoms with van der Waals surface area (Å²) in [7, 11) is 0. The van der Waals surface area contributed by atoms with E-state index < -0.39 is 0 Å². The van der Waals surface area contributed by atoms with Gasteiger partial charge in [0.25, 0.3) is 0 Å². The van der Waals surface area contributed by atoms with E-state index in [0.717, 1.165) is 28.3 Å². The maximum Gasteiger partial charge on any atom is 0.123 e. The third kappa shape index (κ3) is 4.88. The van der Waals surface area contributed by atoms with Crippen molar-refractivity contribution in [2.75, 3.05) is 12.3 Å². The normalized spacial score (nSPS) is 27.6. The molecule has 118 valence electrons. The first-order valence-electron chi connectivity index (χ1n) is 7.45. The van der Waals surface area contributed by atoms with Gasteiger partial charge in [0.1, 0.15) is 5.82 Å². The van der Waals surface area contributed by atoms with Gasteiger partial charge in [-0.2, -0.15) is 23.5 Å². The maximum atomic E-state index is 13.5. The van der Waals surface area contributed by atoms with Gasteiger partial charge in [-0.25, -0.2) is 4.39 Å². The van der Waals surface area contributed by atoms with Crippen molar-refractivity contribution in [3.05, 3.63) is 34.1 Å². The highest BCUT2D eigenvalue weighted by Crippen LogP contribution is 2.38. The summed E-state index contributed by atoms with van der Waals surface area (Å²) in [4.78, 5) is 0. The molecule has 0 saturated carbocycles. The zero-order chi connectivity index (χ0) is 15.4. The first-order valence-corrected chi connectivity index (χ1v) is 10.2. The molecule has 1 nitrogen and oxygen atoms in total. The molecule has 1 heterocycles. The average molecular weight is 392 g/mol. The quantitative estimate of drug-likeness (QED) is 0.778. The van der Waals surface area contributed by atoms with E-state index in [-0.39, 0.29) is 5.82 Å².